The molecular weight excluding hydrogens is 292 g/mol. The van der Waals surface area contributed by atoms with Crippen LogP contribution in [0.15, 0.2) is 28.7 Å². The zero-order valence-corrected chi connectivity index (χ0v) is 12.4. The fraction of sp³-hybridized carbons (Fsp3) is 0.500. The Bertz CT molecular complexity index is 382. The van der Waals surface area contributed by atoms with Crippen molar-refractivity contribution in [3.63, 3.8) is 0 Å². The van der Waals surface area contributed by atoms with Crippen LogP contribution >= 0.6 is 15.9 Å². The highest BCUT2D eigenvalue weighted by Gasteiger charge is 2.05. The molecule has 18 heavy (non-hydrogen) atoms. The van der Waals surface area contributed by atoms with Crippen LogP contribution in [0, 0.1) is 5.92 Å². The summed E-state index contributed by atoms with van der Waals surface area (Å²) in [7, 11) is 0. The van der Waals surface area contributed by atoms with Gasteiger partial charge in [0, 0.05) is 17.4 Å². The van der Waals surface area contributed by atoms with Crippen LogP contribution in [0.25, 0.3) is 0 Å². The molecule has 0 spiro atoms. The molecule has 1 aromatic carbocycles. The van der Waals surface area contributed by atoms with E-state index >= 15 is 0 Å². The summed E-state index contributed by atoms with van der Waals surface area (Å²) in [5.74, 6) is 0.458. The van der Waals surface area contributed by atoms with Gasteiger partial charge >= 0.3 is 0 Å². The molecule has 3 N–H and O–H groups in total. The Morgan fingerprint density at radius 1 is 1.44 bits per heavy atom. The van der Waals surface area contributed by atoms with Crippen molar-refractivity contribution in [3.8, 4) is 0 Å². The second kappa shape index (κ2) is 8.27. The first-order valence-electron chi connectivity index (χ1n) is 6.33. The lowest BCUT2D eigenvalue weighted by molar-refractivity contribution is -0.121. The average molecular weight is 313 g/mol. The van der Waals surface area contributed by atoms with Gasteiger partial charge in [0.2, 0.25) is 5.91 Å². The Morgan fingerprint density at radius 3 is 2.83 bits per heavy atom. The van der Waals surface area contributed by atoms with Crippen molar-refractivity contribution in [1.29, 1.82) is 0 Å². The Balaban J connectivity index is 2.22. The molecular formula is C14H21BrN2O. The summed E-state index contributed by atoms with van der Waals surface area (Å²) in [5.41, 5.74) is 6.75. The molecule has 1 amide bonds. The van der Waals surface area contributed by atoms with E-state index in [1.165, 1.54) is 5.56 Å². The molecule has 0 saturated carbocycles. The molecule has 0 aliphatic rings. The maximum Gasteiger partial charge on any atom is 0.220 e. The Morgan fingerprint density at radius 2 is 2.17 bits per heavy atom. The van der Waals surface area contributed by atoms with Gasteiger partial charge in [-0.25, -0.2) is 0 Å². The minimum Gasteiger partial charge on any atom is -0.356 e. The normalized spacial score (nSPS) is 12.2. The molecule has 1 atom stereocenters. The van der Waals surface area contributed by atoms with Gasteiger partial charge in [-0.15, -0.1) is 0 Å². The van der Waals surface area contributed by atoms with Crippen LogP contribution in [0.4, 0.5) is 0 Å². The molecule has 0 fully saturated rings. The van der Waals surface area contributed by atoms with E-state index in [0.29, 0.717) is 25.4 Å². The summed E-state index contributed by atoms with van der Waals surface area (Å²) in [6.07, 6.45) is 2.35. The number of carbonyl (C=O) groups excluding carboxylic acids is 1. The third-order valence-electron chi connectivity index (χ3n) is 2.86. The highest BCUT2D eigenvalue weighted by Crippen LogP contribution is 2.17. The van der Waals surface area contributed by atoms with Crippen LogP contribution in [-0.2, 0) is 11.2 Å². The summed E-state index contributed by atoms with van der Waals surface area (Å²) >= 11 is 3.51. The molecule has 1 aromatic rings. The van der Waals surface area contributed by atoms with Crippen molar-refractivity contribution in [2.24, 2.45) is 11.7 Å². The van der Waals surface area contributed by atoms with Gasteiger partial charge in [-0.2, -0.15) is 0 Å². The molecule has 3 nitrogen and oxygen atoms in total. The summed E-state index contributed by atoms with van der Waals surface area (Å²) in [6.45, 7) is 3.31. The van der Waals surface area contributed by atoms with E-state index in [4.69, 9.17) is 5.73 Å². The first-order valence-corrected chi connectivity index (χ1v) is 7.13. The van der Waals surface area contributed by atoms with Crippen molar-refractivity contribution in [2.75, 3.05) is 13.1 Å². The summed E-state index contributed by atoms with van der Waals surface area (Å²) in [6, 6.07) is 8.12. The van der Waals surface area contributed by atoms with E-state index in [2.05, 4.69) is 27.3 Å². The molecule has 1 unspecified atom stereocenters. The Kier molecular flexibility index (Phi) is 6.98. The summed E-state index contributed by atoms with van der Waals surface area (Å²) < 4.78 is 1.11. The lowest BCUT2D eigenvalue weighted by atomic mass is 10.1. The van der Waals surface area contributed by atoms with Gasteiger partial charge in [0.1, 0.15) is 0 Å². The predicted octanol–water partition coefficient (Wildman–Crippen LogP) is 2.48. The number of rotatable bonds is 7. The summed E-state index contributed by atoms with van der Waals surface area (Å²) in [5, 5.41) is 2.90. The zero-order chi connectivity index (χ0) is 13.4. The lowest BCUT2D eigenvalue weighted by Gasteiger charge is -2.10. The monoisotopic (exact) mass is 312 g/mol. The number of nitrogens with two attached hydrogens (primary N) is 1. The molecule has 0 aromatic heterocycles. The molecule has 1 rings (SSSR count). The van der Waals surface area contributed by atoms with Gasteiger partial charge in [-0.1, -0.05) is 41.1 Å². The van der Waals surface area contributed by atoms with E-state index < -0.39 is 0 Å². The number of aryl methyl sites for hydroxylation is 1. The number of carbonyl (C=O) groups is 1. The molecule has 0 heterocycles. The third kappa shape index (κ3) is 5.65. The second-order valence-electron chi connectivity index (χ2n) is 4.59. The molecule has 0 saturated heterocycles. The molecule has 0 aliphatic heterocycles. The number of benzene rings is 1. The molecule has 0 bridgehead atoms. The fourth-order valence-corrected chi connectivity index (χ4v) is 2.08. The van der Waals surface area contributed by atoms with Gasteiger partial charge < -0.3 is 11.1 Å². The Hall–Kier alpha value is -0.870. The van der Waals surface area contributed by atoms with Crippen LogP contribution < -0.4 is 11.1 Å². The van der Waals surface area contributed by atoms with Crippen LogP contribution in [0.3, 0.4) is 0 Å². The SMILES string of the molecule is CC(CN)CNC(=O)CCCc1ccccc1Br. The number of nitrogens with one attached hydrogen (secondary N) is 1. The van der Waals surface area contributed by atoms with E-state index in [1.54, 1.807) is 0 Å². The largest absolute Gasteiger partial charge is 0.356 e. The van der Waals surface area contributed by atoms with Crippen molar-refractivity contribution >= 4 is 21.8 Å². The first kappa shape index (κ1) is 15.2. The minimum absolute atomic E-state index is 0.113. The van der Waals surface area contributed by atoms with Gasteiger partial charge in [-0.3, -0.25) is 4.79 Å². The van der Waals surface area contributed by atoms with Crippen molar-refractivity contribution in [3.05, 3.63) is 34.3 Å². The molecule has 4 heteroatoms. The maximum atomic E-state index is 11.6. The Labute approximate surface area is 117 Å². The number of hydrogen-bond donors (Lipinski definition) is 2. The number of amides is 1. The number of hydrogen-bond acceptors (Lipinski definition) is 2. The maximum absolute atomic E-state index is 11.6. The van der Waals surface area contributed by atoms with Crippen molar-refractivity contribution in [1.82, 2.24) is 5.32 Å². The fourth-order valence-electron chi connectivity index (χ4n) is 1.60. The van der Waals surface area contributed by atoms with E-state index in [0.717, 1.165) is 17.3 Å². The smallest absolute Gasteiger partial charge is 0.220 e. The van der Waals surface area contributed by atoms with E-state index in [1.807, 2.05) is 25.1 Å². The van der Waals surface area contributed by atoms with Gasteiger partial charge in [-0.05, 0) is 36.9 Å². The van der Waals surface area contributed by atoms with Gasteiger partial charge in [0.15, 0.2) is 0 Å². The highest BCUT2D eigenvalue weighted by molar-refractivity contribution is 9.10. The lowest BCUT2D eigenvalue weighted by Crippen LogP contribution is -2.31. The van der Waals surface area contributed by atoms with Gasteiger partial charge in [0.05, 0.1) is 0 Å². The molecule has 100 valence electrons. The van der Waals surface area contributed by atoms with Gasteiger partial charge in [0.25, 0.3) is 0 Å². The van der Waals surface area contributed by atoms with Crippen LogP contribution in [0.2, 0.25) is 0 Å². The second-order valence-corrected chi connectivity index (χ2v) is 5.44. The van der Waals surface area contributed by atoms with E-state index in [-0.39, 0.29) is 5.91 Å². The van der Waals surface area contributed by atoms with Crippen LogP contribution in [-0.4, -0.2) is 19.0 Å². The average Bonchev–Trinajstić information content (AvgIpc) is 2.38. The topological polar surface area (TPSA) is 55.1 Å². The zero-order valence-electron chi connectivity index (χ0n) is 10.8. The predicted molar refractivity (Wildman–Crippen MR) is 78.3 cm³/mol. The standard InChI is InChI=1S/C14H21BrN2O/c1-11(9-16)10-17-14(18)8-4-6-12-5-2-3-7-13(12)15/h2-3,5,7,11H,4,6,8-10,16H2,1H3,(H,17,18). The van der Waals surface area contributed by atoms with E-state index in [9.17, 15) is 4.79 Å². The molecule has 0 aliphatic carbocycles. The minimum atomic E-state index is 0.113. The van der Waals surface area contributed by atoms with Crippen LogP contribution in [0.5, 0.6) is 0 Å². The highest BCUT2D eigenvalue weighted by atomic mass is 79.9. The van der Waals surface area contributed by atoms with Crippen LogP contribution in [0.1, 0.15) is 25.3 Å². The van der Waals surface area contributed by atoms with Crippen molar-refractivity contribution < 1.29 is 4.79 Å². The van der Waals surface area contributed by atoms with Crippen molar-refractivity contribution in [2.45, 2.75) is 26.2 Å². The number of halogens is 1. The first-order chi connectivity index (χ1) is 8.63. The third-order valence-corrected chi connectivity index (χ3v) is 3.63. The quantitative estimate of drug-likeness (QED) is 0.812. The molecule has 0 radical (unpaired) electrons. The summed E-state index contributed by atoms with van der Waals surface area (Å²) in [4.78, 5) is 11.6.